The Kier molecular flexibility index (Phi) is 18.9. The number of aryl methyl sites for hydroxylation is 2. The number of nitrogens with one attached hydrogen (secondary N) is 1. The Balaban J connectivity index is 0.00000449. The first-order chi connectivity index (χ1) is 30.0. The van der Waals surface area contributed by atoms with Crippen LogP contribution in [0.25, 0.3) is 21.9 Å². The molecule has 3 amide bonds. The van der Waals surface area contributed by atoms with Crippen LogP contribution in [0.1, 0.15) is 128 Å². The van der Waals surface area contributed by atoms with Gasteiger partial charge in [0.05, 0.1) is 23.3 Å². The second-order valence-electron chi connectivity index (χ2n) is 15.9. The molecule has 5 N–H and O–H groups in total. The molecule has 0 saturated carbocycles. The Bertz CT molecular complexity index is 2530. The molecule has 2 aromatic heterocycles. The highest BCUT2D eigenvalue weighted by atomic mass is 16.2. The van der Waals surface area contributed by atoms with Gasteiger partial charge in [0.2, 0.25) is 17.7 Å². The summed E-state index contributed by atoms with van der Waals surface area (Å²) in [6, 6.07) is 23.0. The average Bonchev–Trinajstić information content (AvgIpc) is 3.64. The number of pyridine rings is 1. The van der Waals surface area contributed by atoms with E-state index in [1.54, 1.807) is 4.90 Å². The minimum atomic E-state index is -0.837. The molecule has 3 heterocycles. The monoisotopic (exact) mass is 869 g/mol. The number of nitrogens with two attached hydrogens (primary N) is 2. The number of fused-ring (bicyclic) bond motifs is 5. The Labute approximate surface area is 376 Å². The molecule has 0 aliphatic carbocycles. The van der Waals surface area contributed by atoms with Crippen molar-refractivity contribution in [1.29, 1.82) is 0 Å². The minimum Gasteiger partial charge on any atom is -0.382 e. The second kappa shape index (κ2) is 24.2. The molecule has 6 rings (SSSR count). The number of anilines is 2. The van der Waals surface area contributed by atoms with Crippen LogP contribution in [0.15, 0.2) is 72.8 Å². The molecule has 0 bridgehead atoms. The van der Waals surface area contributed by atoms with Crippen molar-refractivity contribution in [3.63, 3.8) is 0 Å². The molecule has 13 nitrogen and oxygen atoms in total. The van der Waals surface area contributed by atoms with Crippen molar-refractivity contribution in [3.05, 3.63) is 95.3 Å². The number of unbranched alkanes of at least 4 members (excludes halogenated alkanes) is 2. The Morgan fingerprint density at radius 2 is 1.39 bits per heavy atom. The first-order valence-electron chi connectivity index (χ1n) is 21.7. The number of carbonyl (C=O) groups is 6. The normalized spacial score (nSPS) is 12.0. The van der Waals surface area contributed by atoms with Gasteiger partial charge >= 0.3 is 0 Å². The number of aromatic nitrogens is 3. The summed E-state index contributed by atoms with van der Waals surface area (Å²) in [7, 11) is 0. The molecule has 0 radical (unpaired) electrons. The highest BCUT2D eigenvalue weighted by molar-refractivity contribution is 6.06. The van der Waals surface area contributed by atoms with E-state index in [4.69, 9.17) is 16.5 Å². The van der Waals surface area contributed by atoms with Gasteiger partial charge in [0, 0.05) is 93.3 Å². The lowest BCUT2D eigenvalue weighted by Crippen LogP contribution is -2.32. The predicted octanol–water partition coefficient (Wildman–Crippen LogP) is 7.94. The molecule has 13 heteroatoms. The van der Waals surface area contributed by atoms with Crippen molar-refractivity contribution >= 4 is 68.5 Å². The lowest BCUT2D eigenvalue weighted by molar-refractivity contribution is -0.129. The van der Waals surface area contributed by atoms with Crippen molar-refractivity contribution < 1.29 is 28.8 Å². The van der Waals surface area contributed by atoms with Crippen LogP contribution in [0, 0.1) is 17.8 Å². The van der Waals surface area contributed by atoms with Gasteiger partial charge in [-0.1, -0.05) is 88.6 Å². The fourth-order valence-corrected chi connectivity index (χ4v) is 7.81. The molecule has 64 heavy (non-hydrogen) atoms. The minimum absolute atomic E-state index is 0. The van der Waals surface area contributed by atoms with Crippen LogP contribution in [0.5, 0.6) is 0 Å². The maximum Gasteiger partial charge on any atom is 0.227 e. The fourth-order valence-electron chi connectivity index (χ4n) is 7.81. The largest absolute Gasteiger partial charge is 0.382 e. The first kappa shape index (κ1) is 50.0. The standard InChI is InChI=1S/C49H55N7O6.2CH4/c1-2-3-18-43-54-46-47(40-15-7-8-16-41(40)53-48(46)50)55(43)30-11-10-29-52-44(60)27-21-35(49(51)62)31-39(59)25-24-37(57)22-23-38(58)26-28-45(61)56-32-36-14-5-4-12-33(36)19-20-34-13-6-9-17-42(34)56;;/h4-9,12-17,35H,2-3,10-11,18,21-32H2,1H3,(H2,50,53)(H2,51,62)(H,52,60);2*1H4. The lowest BCUT2D eigenvalue weighted by atomic mass is 9.93. The van der Waals surface area contributed by atoms with E-state index >= 15 is 0 Å². The second-order valence-corrected chi connectivity index (χ2v) is 15.9. The van der Waals surface area contributed by atoms with Crippen molar-refractivity contribution in [2.45, 2.75) is 125 Å². The van der Waals surface area contributed by atoms with E-state index in [2.05, 4.69) is 33.6 Å². The summed E-state index contributed by atoms with van der Waals surface area (Å²) in [6.07, 6.45) is 4.06. The van der Waals surface area contributed by atoms with E-state index in [0.29, 0.717) is 43.1 Å². The van der Waals surface area contributed by atoms with E-state index in [9.17, 15) is 28.8 Å². The van der Waals surface area contributed by atoms with E-state index in [0.717, 1.165) is 64.6 Å². The quantitative estimate of drug-likeness (QED) is 0.0431. The average molecular weight is 870 g/mol. The molecule has 338 valence electrons. The van der Waals surface area contributed by atoms with E-state index in [-0.39, 0.29) is 102 Å². The topological polar surface area (TPSA) is 200 Å². The van der Waals surface area contributed by atoms with Gasteiger partial charge in [0.15, 0.2) is 5.82 Å². The highest BCUT2D eigenvalue weighted by Gasteiger charge is 2.24. The van der Waals surface area contributed by atoms with Crippen LogP contribution >= 0.6 is 0 Å². The third kappa shape index (κ3) is 13.2. The molecular formula is C51H63N7O6. The molecule has 3 aromatic carbocycles. The van der Waals surface area contributed by atoms with Crippen LogP contribution in [-0.2, 0) is 48.3 Å². The van der Waals surface area contributed by atoms with Crippen molar-refractivity contribution in [2.24, 2.45) is 11.7 Å². The smallest absolute Gasteiger partial charge is 0.227 e. The summed E-state index contributed by atoms with van der Waals surface area (Å²) >= 11 is 0. The SMILES string of the molecule is C.C.CCCCc1nc2c(N)nc3ccccc3c2n1CCCCNC(=O)CCC(CC(=O)CCC(=O)CCC(=O)CCC(=O)N1Cc2ccccc2C#Cc2ccccc21)C(N)=O. The zero-order chi connectivity index (χ0) is 44.0. The van der Waals surface area contributed by atoms with Crippen LogP contribution < -0.4 is 21.7 Å². The number of rotatable bonds is 23. The number of benzene rings is 3. The number of imidazole rings is 1. The predicted molar refractivity (Wildman–Crippen MR) is 253 cm³/mol. The highest BCUT2D eigenvalue weighted by Crippen LogP contribution is 2.30. The molecule has 1 aliphatic heterocycles. The molecule has 1 unspecified atom stereocenters. The summed E-state index contributed by atoms with van der Waals surface area (Å²) < 4.78 is 2.23. The van der Waals surface area contributed by atoms with Gasteiger partial charge in [0.1, 0.15) is 28.7 Å². The third-order valence-corrected chi connectivity index (χ3v) is 11.3. The molecule has 0 fully saturated rings. The van der Waals surface area contributed by atoms with E-state index in [1.807, 2.05) is 72.8 Å². The van der Waals surface area contributed by atoms with Gasteiger partial charge in [-0.3, -0.25) is 28.8 Å². The summed E-state index contributed by atoms with van der Waals surface area (Å²) in [4.78, 5) is 87.7. The number of hydrogen-bond donors (Lipinski definition) is 3. The summed E-state index contributed by atoms with van der Waals surface area (Å²) in [5.74, 6) is 4.98. The van der Waals surface area contributed by atoms with Gasteiger partial charge < -0.3 is 26.3 Å². The maximum atomic E-state index is 13.4. The molecule has 5 aromatic rings. The zero-order valence-electron chi connectivity index (χ0n) is 35.4. The van der Waals surface area contributed by atoms with Gasteiger partial charge in [-0.25, -0.2) is 9.97 Å². The molecule has 0 saturated heterocycles. The van der Waals surface area contributed by atoms with Crippen LogP contribution in [0.4, 0.5) is 11.5 Å². The molecule has 0 spiro atoms. The molecule has 1 atom stereocenters. The number of carbonyl (C=O) groups excluding carboxylic acids is 6. The number of amides is 3. The number of Topliss-reactive ketones (excluding diaryl/α,β-unsaturated/α-hetero) is 3. The maximum absolute atomic E-state index is 13.4. The first-order valence-corrected chi connectivity index (χ1v) is 21.7. The van der Waals surface area contributed by atoms with Crippen LogP contribution in [-0.4, -0.2) is 56.2 Å². The fraction of sp³-hybridized carbons (Fsp3) is 0.412. The number of ketones is 3. The molecule has 1 aliphatic rings. The van der Waals surface area contributed by atoms with Gasteiger partial charge in [-0.15, -0.1) is 0 Å². The van der Waals surface area contributed by atoms with Gasteiger partial charge in [-0.05, 0) is 55.5 Å². The van der Waals surface area contributed by atoms with Crippen molar-refractivity contribution in [3.8, 4) is 11.8 Å². The summed E-state index contributed by atoms with van der Waals surface area (Å²) in [5.41, 5.74) is 17.6. The van der Waals surface area contributed by atoms with E-state index in [1.165, 1.54) is 0 Å². The number of para-hydroxylation sites is 2. The Hall–Kier alpha value is -6.68. The van der Waals surface area contributed by atoms with Gasteiger partial charge in [0.25, 0.3) is 0 Å². The van der Waals surface area contributed by atoms with Crippen LogP contribution in [0.2, 0.25) is 0 Å². The lowest BCUT2D eigenvalue weighted by Gasteiger charge is -2.26. The van der Waals surface area contributed by atoms with Crippen molar-refractivity contribution in [1.82, 2.24) is 19.9 Å². The Morgan fingerprint density at radius 1 is 0.750 bits per heavy atom. The van der Waals surface area contributed by atoms with Crippen molar-refractivity contribution in [2.75, 3.05) is 17.2 Å². The summed E-state index contributed by atoms with van der Waals surface area (Å²) in [5, 5.41) is 3.91. The summed E-state index contributed by atoms with van der Waals surface area (Å²) in [6.45, 7) is 3.61. The number of nitrogen functional groups attached to an aromatic ring is 1. The Morgan fingerprint density at radius 3 is 2.12 bits per heavy atom. The number of primary amides is 1. The van der Waals surface area contributed by atoms with E-state index < -0.39 is 11.8 Å². The zero-order valence-corrected chi connectivity index (χ0v) is 35.4. The van der Waals surface area contributed by atoms with Crippen LogP contribution in [0.3, 0.4) is 0 Å². The van der Waals surface area contributed by atoms with Gasteiger partial charge in [-0.2, -0.15) is 0 Å². The number of nitrogens with zero attached hydrogens (tertiary/aromatic N) is 4. The number of hydrogen-bond acceptors (Lipinski definition) is 9. The third-order valence-electron chi connectivity index (χ3n) is 11.3. The molecular weight excluding hydrogens is 807 g/mol.